The van der Waals surface area contributed by atoms with E-state index in [2.05, 4.69) is 5.10 Å². The summed E-state index contributed by atoms with van der Waals surface area (Å²) in [5.41, 5.74) is 4.80. The van der Waals surface area contributed by atoms with Crippen LogP contribution in [0.3, 0.4) is 0 Å². The van der Waals surface area contributed by atoms with Crippen LogP contribution in [0.2, 0.25) is 0 Å². The molecule has 0 heterocycles. The van der Waals surface area contributed by atoms with Gasteiger partial charge in [-0.05, 0) is 49.3 Å². The largest absolute Gasteiger partial charge is 0.508 e. The van der Waals surface area contributed by atoms with E-state index in [0.717, 1.165) is 0 Å². The molecule has 9 nitrogen and oxygen atoms in total. The SMILES string of the molecule is C/C(=N\N(C)C)C1=C(O)[C@@]2(O)C(=O)c3c(c(C)c4ccc(C)c(O)c4c3O)C[C@H]2[C@@H](N)C1=O. The third kappa shape index (κ3) is 2.89. The molecule has 0 aliphatic heterocycles. The summed E-state index contributed by atoms with van der Waals surface area (Å²) in [6, 6.07) is 2.14. The normalized spacial score (nSPS) is 25.4. The van der Waals surface area contributed by atoms with E-state index >= 15 is 0 Å². The van der Waals surface area contributed by atoms with Crippen LogP contribution in [0.1, 0.15) is 34.0 Å². The van der Waals surface area contributed by atoms with Gasteiger partial charge in [-0.3, -0.25) is 9.59 Å². The molecule has 3 atom stereocenters. The van der Waals surface area contributed by atoms with Gasteiger partial charge < -0.3 is 31.2 Å². The molecule has 9 heteroatoms. The van der Waals surface area contributed by atoms with Crippen molar-refractivity contribution in [2.75, 3.05) is 14.1 Å². The van der Waals surface area contributed by atoms with Gasteiger partial charge in [0.05, 0.1) is 28.3 Å². The van der Waals surface area contributed by atoms with Crippen LogP contribution in [-0.4, -0.2) is 68.5 Å². The highest BCUT2D eigenvalue weighted by atomic mass is 16.3. The Morgan fingerprint density at radius 1 is 1.15 bits per heavy atom. The third-order valence-electron chi connectivity index (χ3n) is 6.84. The highest BCUT2D eigenvalue weighted by molar-refractivity contribution is 6.26. The minimum absolute atomic E-state index is 0.0321. The number of aliphatic hydroxyl groups excluding tert-OH is 1. The lowest BCUT2D eigenvalue weighted by molar-refractivity contribution is -0.122. The summed E-state index contributed by atoms with van der Waals surface area (Å²) in [5, 5.41) is 50.5. The highest BCUT2D eigenvalue weighted by Crippen LogP contribution is 2.50. The average Bonchev–Trinajstić information content (AvgIpc) is 2.73. The molecular formula is C24H27N3O6. The molecule has 2 aliphatic carbocycles. The Bertz CT molecular complexity index is 1310. The maximum Gasteiger partial charge on any atom is 0.206 e. The minimum Gasteiger partial charge on any atom is -0.508 e. The van der Waals surface area contributed by atoms with Gasteiger partial charge in [-0.25, -0.2) is 0 Å². The van der Waals surface area contributed by atoms with Gasteiger partial charge in [0.1, 0.15) is 17.3 Å². The molecule has 0 bridgehead atoms. The molecule has 0 saturated heterocycles. The molecule has 0 spiro atoms. The van der Waals surface area contributed by atoms with E-state index in [1.54, 1.807) is 40.1 Å². The number of aliphatic hydroxyl groups is 2. The van der Waals surface area contributed by atoms with Gasteiger partial charge in [-0.1, -0.05) is 12.1 Å². The van der Waals surface area contributed by atoms with E-state index in [1.807, 2.05) is 0 Å². The fourth-order valence-corrected chi connectivity index (χ4v) is 5.12. The summed E-state index contributed by atoms with van der Waals surface area (Å²) < 4.78 is 0. The lowest BCUT2D eigenvalue weighted by Crippen LogP contribution is -2.63. The predicted molar refractivity (Wildman–Crippen MR) is 123 cm³/mol. The Morgan fingerprint density at radius 2 is 1.79 bits per heavy atom. The van der Waals surface area contributed by atoms with Crippen molar-refractivity contribution in [2.24, 2.45) is 16.8 Å². The Morgan fingerprint density at radius 3 is 2.39 bits per heavy atom. The molecule has 4 rings (SSSR count). The number of benzene rings is 2. The van der Waals surface area contributed by atoms with Crippen molar-refractivity contribution in [3.63, 3.8) is 0 Å². The molecular weight excluding hydrogens is 426 g/mol. The zero-order valence-electron chi connectivity index (χ0n) is 19.1. The van der Waals surface area contributed by atoms with Crippen molar-refractivity contribution in [2.45, 2.75) is 38.8 Å². The van der Waals surface area contributed by atoms with E-state index in [-0.39, 0.29) is 34.4 Å². The fraction of sp³-hybridized carbons (Fsp3) is 0.375. The van der Waals surface area contributed by atoms with Gasteiger partial charge >= 0.3 is 0 Å². The monoisotopic (exact) mass is 453 g/mol. The second-order valence-electron chi connectivity index (χ2n) is 9.03. The quantitative estimate of drug-likeness (QED) is 0.339. The van der Waals surface area contributed by atoms with E-state index in [1.165, 1.54) is 11.9 Å². The number of nitrogens with zero attached hydrogens (tertiary/aromatic N) is 2. The topological polar surface area (TPSA) is 157 Å². The summed E-state index contributed by atoms with van der Waals surface area (Å²) in [6.07, 6.45) is -0.0321. The van der Waals surface area contributed by atoms with Gasteiger partial charge in [0.15, 0.2) is 11.4 Å². The molecule has 2 aromatic carbocycles. The lowest BCUT2D eigenvalue weighted by atomic mass is 9.61. The standard InChI is InChI=1S/C24H27N3O6/c1-9-6-7-12-10(2)13-8-14-18(25)21(30)15(11(3)26-27(4)5)22(31)24(14,33)23(32)17(13)20(29)16(12)19(9)28/h6-7,14,18,28-29,31,33H,8,25H2,1-5H3/b26-11+/t14-,18+,24+/m0/s1. The van der Waals surface area contributed by atoms with Crippen LogP contribution in [0.15, 0.2) is 28.6 Å². The van der Waals surface area contributed by atoms with Gasteiger partial charge in [-0.15, -0.1) is 0 Å². The predicted octanol–water partition coefficient (Wildman–Crippen LogP) is 1.61. The van der Waals surface area contributed by atoms with Gasteiger partial charge in [0, 0.05) is 20.0 Å². The maximum absolute atomic E-state index is 13.7. The fourth-order valence-electron chi connectivity index (χ4n) is 5.12. The summed E-state index contributed by atoms with van der Waals surface area (Å²) >= 11 is 0. The van der Waals surface area contributed by atoms with Crippen LogP contribution in [-0.2, 0) is 11.2 Å². The van der Waals surface area contributed by atoms with Crippen molar-refractivity contribution in [1.82, 2.24) is 5.01 Å². The van der Waals surface area contributed by atoms with Crippen LogP contribution >= 0.6 is 0 Å². The van der Waals surface area contributed by atoms with Gasteiger partial charge in [-0.2, -0.15) is 5.10 Å². The number of nitrogens with two attached hydrogens (primary N) is 1. The number of fused-ring (bicyclic) bond motifs is 3. The first-order valence-electron chi connectivity index (χ1n) is 10.5. The van der Waals surface area contributed by atoms with Crippen molar-refractivity contribution in [3.8, 4) is 11.5 Å². The number of carbonyl (C=O) groups is 2. The molecule has 0 amide bonds. The number of hydrogen-bond acceptors (Lipinski definition) is 9. The molecule has 33 heavy (non-hydrogen) atoms. The van der Waals surface area contributed by atoms with E-state index in [0.29, 0.717) is 22.1 Å². The van der Waals surface area contributed by atoms with Crippen molar-refractivity contribution < 1.29 is 30.0 Å². The second-order valence-corrected chi connectivity index (χ2v) is 9.03. The van der Waals surface area contributed by atoms with Crippen molar-refractivity contribution in [1.29, 1.82) is 0 Å². The maximum atomic E-state index is 13.7. The zero-order chi connectivity index (χ0) is 24.6. The number of rotatable bonds is 2. The number of aryl methyl sites for hydroxylation is 2. The minimum atomic E-state index is -2.53. The molecule has 2 aromatic rings. The first-order chi connectivity index (χ1) is 15.3. The summed E-state index contributed by atoms with van der Waals surface area (Å²) in [4.78, 5) is 26.8. The van der Waals surface area contributed by atoms with Gasteiger partial charge in [0.25, 0.3) is 0 Å². The summed E-state index contributed by atoms with van der Waals surface area (Å²) in [6.45, 7) is 4.86. The summed E-state index contributed by atoms with van der Waals surface area (Å²) in [7, 11) is 3.24. The molecule has 0 fully saturated rings. The summed E-state index contributed by atoms with van der Waals surface area (Å²) in [5.74, 6) is -4.24. The first-order valence-corrected chi connectivity index (χ1v) is 10.5. The molecule has 174 valence electrons. The number of phenols is 2. The molecule has 0 radical (unpaired) electrons. The van der Waals surface area contributed by atoms with Crippen LogP contribution in [0.25, 0.3) is 10.8 Å². The smallest absolute Gasteiger partial charge is 0.206 e. The molecule has 0 saturated carbocycles. The Labute approximate surface area is 190 Å². The Hall–Kier alpha value is -3.43. The van der Waals surface area contributed by atoms with Crippen LogP contribution < -0.4 is 5.73 Å². The Kier molecular flexibility index (Phi) is 5.03. The molecule has 0 aromatic heterocycles. The highest BCUT2D eigenvalue weighted by Gasteiger charge is 2.60. The number of hydrazone groups is 1. The number of ketones is 2. The molecule has 0 unspecified atom stereocenters. The number of phenolic OH excluding ortho intramolecular Hbond substituents is 2. The second kappa shape index (κ2) is 7.29. The van der Waals surface area contributed by atoms with Gasteiger partial charge in [0.2, 0.25) is 5.78 Å². The number of aromatic hydroxyl groups is 2. The number of carbonyl (C=O) groups excluding carboxylic acids is 2. The van der Waals surface area contributed by atoms with Crippen molar-refractivity contribution >= 4 is 28.1 Å². The number of Topliss-reactive ketones (excluding diaryl/α,β-unsaturated/α-hetero) is 2. The Balaban J connectivity index is 2.06. The van der Waals surface area contributed by atoms with Crippen LogP contribution in [0.5, 0.6) is 11.5 Å². The average molecular weight is 453 g/mol. The lowest BCUT2D eigenvalue weighted by Gasteiger charge is -2.45. The third-order valence-corrected chi connectivity index (χ3v) is 6.84. The zero-order valence-corrected chi connectivity index (χ0v) is 19.1. The van der Waals surface area contributed by atoms with Crippen LogP contribution in [0.4, 0.5) is 0 Å². The molecule has 2 aliphatic rings. The van der Waals surface area contributed by atoms with E-state index in [9.17, 15) is 30.0 Å². The van der Waals surface area contributed by atoms with Crippen molar-refractivity contribution in [3.05, 3.63) is 45.7 Å². The number of hydrogen-bond donors (Lipinski definition) is 5. The van der Waals surface area contributed by atoms with E-state index < -0.39 is 40.6 Å². The first kappa shape index (κ1) is 22.8. The molecule has 6 N–H and O–H groups in total. The van der Waals surface area contributed by atoms with Crippen LogP contribution in [0, 0.1) is 19.8 Å². The van der Waals surface area contributed by atoms with E-state index in [4.69, 9.17) is 5.73 Å².